The molecule has 3 atom stereocenters. The van der Waals surface area contributed by atoms with Gasteiger partial charge in [0.1, 0.15) is 0 Å². The van der Waals surface area contributed by atoms with E-state index in [2.05, 4.69) is 59.5 Å². The normalized spacial score (nSPS) is 25.2. The Bertz CT molecular complexity index is 373. The maximum absolute atomic E-state index is 3.57. The maximum atomic E-state index is 3.57. The van der Waals surface area contributed by atoms with Crippen LogP contribution in [-0.2, 0) is 6.42 Å². The molecule has 1 nitrogen and oxygen atoms in total. The van der Waals surface area contributed by atoms with Gasteiger partial charge in [-0.05, 0) is 55.8 Å². The lowest BCUT2D eigenvalue weighted by atomic mass is 9.75. The second-order valence-electron chi connectivity index (χ2n) is 5.93. The first kappa shape index (κ1) is 15.1. The zero-order valence-corrected chi connectivity index (χ0v) is 13.7. The van der Waals surface area contributed by atoms with Crippen molar-refractivity contribution in [3.05, 3.63) is 34.3 Å². The summed E-state index contributed by atoms with van der Waals surface area (Å²) < 4.78 is 1.17. The van der Waals surface area contributed by atoms with Gasteiger partial charge in [0.15, 0.2) is 0 Å². The summed E-state index contributed by atoms with van der Waals surface area (Å²) in [6, 6.07) is 9.43. The van der Waals surface area contributed by atoms with Gasteiger partial charge in [-0.25, -0.2) is 0 Å². The largest absolute Gasteiger partial charge is 0.316 e. The third kappa shape index (κ3) is 4.32. The summed E-state index contributed by atoms with van der Waals surface area (Å²) in [5, 5.41) is 3.57. The van der Waals surface area contributed by atoms with Crippen molar-refractivity contribution in [1.82, 2.24) is 5.32 Å². The molecule has 1 saturated carbocycles. The summed E-state index contributed by atoms with van der Waals surface area (Å²) in [5.41, 5.74) is 1.45. The number of nitrogens with one attached hydrogen (secondary N) is 1. The van der Waals surface area contributed by atoms with Gasteiger partial charge in [-0.2, -0.15) is 0 Å². The molecule has 0 amide bonds. The number of benzene rings is 1. The number of hydrogen-bond donors (Lipinski definition) is 1. The van der Waals surface area contributed by atoms with E-state index >= 15 is 0 Å². The van der Waals surface area contributed by atoms with E-state index in [1.807, 2.05) is 0 Å². The van der Waals surface area contributed by atoms with Crippen LogP contribution in [0.5, 0.6) is 0 Å². The van der Waals surface area contributed by atoms with Crippen LogP contribution in [0.3, 0.4) is 0 Å². The average Bonchev–Trinajstić information content (AvgIpc) is 2.46. The molecule has 1 fully saturated rings. The fourth-order valence-corrected chi connectivity index (χ4v) is 3.71. The minimum absolute atomic E-state index is 0.635. The van der Waals surface area contributed by atoms with Crippen molar-refractivity contribution in [2.75, 3.05) is 7.05 Å². The van der Waals surface area contributed by atoms with Crippen molar-refractivity contribution in [2.45, 2.75) is 51.5 Å². The third-order valence-corrected chi connectivity index (χ3v) is 5.24. The summed E-state index contributed by atoms with van der Waals surface area (Å²) in [6.07, 6.45) is 8.19. The summed E-state index contributed by atoms with van der Waals surface area (Å²) in [6.45, 7) is 2.34. The van der Waals surface area contributed by atoms with E-state index in [0.29, 0.717) is 6.04 Å². The first-order valence-corrected chi connectivity index (χ1v) is 8.44. The van der Waals surface area contributed by atoms with Crippen LogP contribution in [0.4, 0.5) is 0 Å². The average molecular weight is 324 g/mol. The van der Waals surface area contributed by atoms with E-state index in [1.165, 1.54) is 42.1 Å². The first-order valence-electron chi connectivity index (χ1n) is 7.64. The molecule has 0 aromatic heterocycles. The molecule has 0 bridgehead atoms. The van der Waals surface area contributed by atoms with Crippen molar-refractivity contribution in [1.29, 1.82) is 0 Å². The van der Waals surface area contributed by atoms with Crippen molar-refractivity contribution in [3.63, 3.8) is 0 Å². The number of likely N-dealkylation sites (N-methyl/N-ethyl adjacent to an activating group) is 1. The smallest absolute Gasteiger partial charge is 0.0175 e. The molecule has 1 aliphatic carbocycles. The van der Waals surface area contributed by atoms with E-state index in [-0.39, 0.29) is 0 Å². The SMILES string of the molecule is CCC1CCCC(C(Cc2ccc(Br)cc2)NC)C1. The highest BCUT2D eigenvalue weighted by atomic mass is 79.9. The van der Waals surface area contributed by atoms with Gasteiger partial charge < -0.3 is 5.32 Å². The van der Waals surface area contributed by atoms with Gasteiger partial charge >= 0.3 is 0 Å². The van der Waals surface area contributed by atoms with Crippen LogP contribution < -0.4 is 5.32 Å². The summed E-state index contributed by atoms with van der Waals surface area (Å²) in [4.78, 5) is 0. The second kappa shape index (κ2) is 7.44. The van der Waals surface area contributed by atoms with Gasteiger partial charge in [-0.3, -0.25) is 0 Å². The minimum Gasteiger partial charge on any atom is -0.316 e. The molecule has 2 heteroatoms. The fourth-order valence-electron chi connectivity index (χ4n) is 3.45. The molecule has 1 aromatic rings. The molecule has 106 valence electrons. The van der Waals surface area contributed by atoms with Crippen molar-refractivity contribution >= 4 is 15.9 Å². The highest BCUT2D eigenvalue weighted by Crippen LogP contribution is 2.33. The molecule has 1 aromatic carbocycles. The highest BCUT2D eigenvalue weighted by molar-refractivity contribution is 9.10. The predicted molar refractivity (Wildman–Crippen MR) is 86.4 cm³/mol. The molecule has 1 N–H and O–H groups in total. The zero-order valence-electron chi connectivity index (χ0n) is 12.2. The van der Waals surface area contributed by atoms with E-state index in [4.69, 9.17) is 0 Å². The fraction of sp³-hybridized carbons (Fsp3) is 0.647. The van der Waals surface area contributed by atoms with Crippen LogP contribution in [0.25, 0.3) is 0 Å². The monoisotopic (exact) mass is 323 g/mol. The Kier molecular flexibility index (Phi) is 5.90. The molecule has 3 unspecified atom stereocenters. The molecule has 0 heterocycles. The first-order chi connectivity index (χ1) is 9.22. The molecular weight excluding hydrogens is 298 g/mol. The molecular formula is C17H26BrN. The summed E-state index contributed by atoms with van der Waals surface area (Å²) in [5.74, 6) is 1.81. The van der Waals surface area contributed by atoms with Gasteiger partial charge in [-0.15, -0.1) is 0 Å². The summed E-state index contributed by atoms with van der Waals surface area (Å²) in [7, 11) is 2.12. The van der Waals surface area contributed by atoms with E-state index in [1.54, 1.807) is 0 Å². The van der Waals surface area contributed by atoms with Crippen LogP contribution in [-0.4, -0.2) is 13.1 Å². The second-order valence-corrected chi connectivity index (χ2v) is 6.84. The molecule has 0 spiro atoms. The van der Waals surface area contributed by atoms with Crippen LogP contribution in [0.15, 0.2) is 28.7 Å². The quantitative estimate of drug-likeness (QED) is 0.821. The predicted octanol–water partition coefficient (Wildman–Crippen LogP) is 4.80. The Morgan fingerprint density at radius 3 is 2.63 bits per heavy atom. The molecule has 19 heavy (non-hydrogen) atoms. The van der Waals surface area contributed by atoms with Gasteiger partial charge in [0.25, 0.3) is 0 Å². The summed E-state index contributed by atoms with van der Waals surface area (Å²) >= 11 is 3.51. The van der Waals surface area contributed by atoms with E-state index in [9.17, 15) is 0 Å². The topological polar surface area (TPSA) is 12.0 Å². The molecule has 1 aliphatic rings. The number of halogens is 1. The van der Waals surface area contributed by atoms with Gasteiger partial charge in [0, 0.05) is 10.5 Å². The van der Waals surface area contributed by atoms with Crippen LogP contribution in [0, 0.1) is 11.8 Å². The Balaban J connectivity index is 1.97. The lowest BCUT2D eigenvalue weighted by molar-refractivity contribution is 0.212. The highest BCUT2D eigenvalue weighted by Gasteiger charge is 2.26. The lowest BCUT2D eigenvalue weighted by Crippen LogP contribution is -2.38. The third-order valence-electron chi connectivity index (χ3n) is 4.71. The van der Waals surface area contributed by atoms with Crippen molar-refractivity contribution in [3.8, 4) is 0 Å². The van der Waals surface area contributed by atoms with E-state index < -0.39 is 0 Å². The maximum Gasteiger partial charge on any atom is 0.0175 e. The van der Waals surface area contributed by atoms with Gasteiger partial charge in [-0.1, -0.05) is 54.2 Å². The Hall–Kier alpha value is -0.340. The van der Waals surface area contributed by atoms with Crippen molar-refractivity contribution < 1.29 is 0 Å². The lowest BCUT2D eigenvalue weighted by Gasteiger charge is -2.34. The minimum atomic E-state index is 0.635. The standard InChI is InChI=1S/C17H26BrN/c1-3-13-5-4-6-15(11-13)17(19-2)12-14-7-9-16(18)10-8-14/h7-10,13,15,17,19H,3-6,11-12H2,1-2H3. The molecule has 0 saturated heterocycles. The number of rotatable bonds is 5. The Morgan fingerprint density at radius 2 is 2.00 bits per heavy atom. The molecule has 2 rings (SSSR count). The van der Waals surface area contributed by atoms with Crippen LogP contribution in [0.1, 0.15) is 44.6 Å². The zero-order chi connectivity index (χ0) is 13.7. The number of hydrogen-bond acceptors (Lipinski definition) is 1. The Morgan fingerprint density at radius 1 is 1.26 bits per heavy atom. The molecule has 0 radical (unpaired) electrons. The van der Waals surface area contributed by atoms with Crippen LogP contribution >= 0.6 is 15.9 Å². The van der Waals surface area contributed by atoms with E-state index in [0.717, 1.165) is 18.3 Å². The Labute approximate surface area is 126 Å². The van der Waals surface area contributed by atoms with Gasteiger partial charge in [0.2, 0.25) is 0 Å². The van der Waals surface area contributed by atoms with Crippen molar-refractivity contribution in [2.24, 2.45) is 11.8 Å². The van der Waals surface area contributed by atoms with Crippen LogP contribution in [0.2, 0.25) is 0 Å². The van der Waals surface area contributed by atoms with Gasteiger partial charge in [0.05, 0.1) is 0 Å². The molecule has 0 aliphatic heterocycles.